The topological polar surface area (TPSA) is 20.2 Å². The molecule has 3 aliphatic carbocycles. The van der Waals surface area contributed by atoms with Crippen LogP contribution in [0.25, 0.3) is 0 Å². The summed E-state index contributed by atoms with van der Waals surface area (Å²) in [6.45, 7) is 4.03. The molecule has 0 aromatic rings. The molecule has 88 valence electrons. The van der Waals surface area contributed by atoms with Crippen LogP contribution < -0.4 is 0 Å². The highest BCUT2D eigenvalue weighted by Crippen LogP contribution is 2.58. The third kappa shape index (κ3) is 1.48. The van der Waals surface area contributed by atoms with Crippen molar-refractivity contribution in [2.45, 2.75) is 39.2 Å². The Balaban J connectivity index is 1.77. The van der Waals surface area contributed by atoms with Gasteiger partial charge in [-0.3, -0.25) is 0 Å². The summed E-state index contributed by atoms with van der Waals surface area (Å²) in [6, 6.07) is 0. The lowest BCUT2D eigenvalue weighted by Crippen LogP contribution is -2.20. The van der Waals surface area contributed by atoms with E-state index >= 15 is 0 Å². The van der Waals surface area contributed by atoms with Crippen molar-refractivity contribution in [3.8, 4) is 0 Å². The van der Waals surface area contributed by atoms with Crippen LogP contribution in [0.3, 0.4) is 0 Å². The Labute approximate surface area is 98.2 Å². The SMILES string of the molecule is CC(O)C(C)/C=C1\CC2CC1C1CC=CC21. The second-order valence-corrected chi connectivity index (χ2v) is 6.05. The number of aliphatic hydroxyl groups excluding tert-OH is 1. The molecule has 3 aliphatic rings. The molecule has 6 atom stereocenters. The predicted octanol–water partition coefficient (Wildman–Crippen LogP) is 3.16. The molecule has 6 unspecified atom stereocenters. The average molecular weight is 218 g/mol. The van der Waals surface area contributed by atoms with E-state index in [1.54, 1.807) is 5.57 Å². The van der Waals surface area contributed by atoms with Crippen molar-refractivity contribution < 1.29 is 5.11 Å². The maximum absolute atomic E-state index is 9.58. The van der Waals surface area contributed by atoms with Crippen LogP contribution in [-0.2, 0) is 0 Å². The van der Waals surface area contributed by atoms with Crippen LogP contribution in [-0.4, -0.2) is 11.2 Å². The summed E-state index contributed by atoms with van der Waals surface area (Å²) in [5.74, 6) is 3.88. The maximum Gasteiger partial charge on any atom is 0.0572 e. The van der Waals surface area contributed by atoms with Crippen LogP contribution in [0.15, 0.2) is 23.8 Å². The molecule has 0 spiro atoms. The Hall–Kier alpha value is -0.560. The molecule has 1 N–H and O–H groups in total. The van der Waals surface area contributed by atoms with Crippen molar-refractivity contribution >= 4 is 0 Å². The number of fused-ring (bicyclic) bond motifs is 5. The number of rotatable bonds is 2. The summed E-state index contributed by atoms with van der Waals surface area (Å²) in [7, 11) is 0. The standard InChI is InChI=1S/C15H22O/c1-9(10(2)16)6-11-7-12-8-15(11)14-5-3-4-13(12)14/h3-4,6,9-10,12-16H,5,7-8H2,1-2H3/b11-6+. The van der Waals surface area contributed by atoms with Gasteiger partial charge < -0.3 is 5.11 Å². The van der Waals surface area contributed by atoms with Gasteiger partial charge >= 0.3 is 0 Å². The van der Waals surface area contributed by atoms with Gasteiger partial charge in [-0.05, 0) is 55.8 Å². The third-order valence-corrected chi connectivity index (χ3v) is 5.09. The Morgan fingerprint density at radius 3 is 3.00 bits per heavy atom. The quantitative estimate of drug-likeness (QED) is 0.706. The molecule has 2 fully saturated rings. The maximum atomic E-state index is 9.58. The molecule has 0 aromatic heterocycles. The largest absolute Gasteiger partial charge is 0.393 e. The minimum atomic E-state index is -0.205. The normalized spacial score (nSPS) is 46.3. The minimum Gasteiger partial charge on any atom is -0.393 e. The summed E-state index contributed by atoms with van der Waals surface area (Å²) in [5.41, 5.74) is 1.66. The number of allylic oxidation sites excluding steroid dienone is 3. The van der Waals surface area contributed by atoms with E-state index in [1.807, 2.05) is 6.92 Å². The first kappa shape index (κ1) is 10.6. The molecule has 0 aliphatic heterocycles. The second-order valence-electron chi connectivity index (χ2n) is 6.05. The van der Waals surface area contributed by atoms with Gasteiger partial charge in [0.15, 0.2) is 0 Å². The fourth-order valence-electron chi connectivity index (χ4n) is 4.06. The van der Waals surface area contributed by atoms with Gasteiger partial charge in [-0.1, -0.05) is 30.7 Å². The number of hydrogen-bond acceptors (Lipinski definition) is 1. The summed E-state index contributed by atoms with van der Waals surface area (Å²) in [5, 5.41) is 9.58. The Morgan fingerprint density at radius 2 is 2.25 bits per heavy atom. The zero-order valence-electron chi connectivity index (χ0n) is 10.3. The van der Waals surface area contributed by atoms with Crippen LogP contribution in [0.5, 0.6) is 0 Å². The summed E-state index contributed by atoms with van der Waals surface area (Å²) in [6.07, 6.45) is 11.0. The van der Waals surface area contributed by atoms with Gasteiger partial charge in [0.05, 0.1) is 6.10 Å². The number of hydrogen-bond donors (Lipinski definition) is 1. The minimum absolute atomic E-state index is 0.205. The number of aliphatic hydroxyl groups is 1. The van der Waals surface area contributed by atoms with Crippen LogP contribution in [0.1, 0.15) is 33.1 Å². The van der Waals surface area contributed by atoms with E-state index in [0.29, 0.717) is 5.92 Å². The lowest BCUT2D eigenvalue weighted by atomic mass is 9.77. The third-order valence-electron chi connectivity index (χ3n) is 5.09. The molecule has 1 heteroatoms. The molecule has 2 saturated carbocycles. The average Bonchev–Trinajstić information content (AvgIpc) is 2.87. The van der Waals surface area contributed by atoms with Gasteiger partial charge in [-0.15, -0.1) is 0 Å². The monoisotopic (exact) mass is 218 g/mol. The molecule has 0 heterocycles. The second kappa shape index (κ2) is 3.73. The Kier molecular flexibility index (Phi) is 2.47. The molecule has 2 bridgehead atoms. The van der Waals surface area contributed by atoms with Crippen LogP contribution in [0.2, 0.25) is 0 Å². The van der Waals surface area contributed by atoms with Crippen molar-refractivity contribution in [1.82, 2.24) is 0 Å². The first-order chi connectivity index (χ1) is 7.66. The van der Waals surface area contributed by atoms with Crippen molar-refractivity contribution in [2.75, 3.05) is 0 Å². The molecular formula is C15H22O. The van der Waals surface area contributed by atoms with Crippen LogP contribution >= 0.6 is 0 Å². The molecule has 0 amide bonds. The van der Waals surface area contributed by atoms with Crippen molar-refractivity contribution in [3.05, 3.63) is 23.8 Å². The molecular weight excluding hydrogens is 196 g/mol. The van der Waals surface area contributed by atoms with Gasteiger partial charge in [0, 0.05) is 0 Å². The molecule has 1 nitrogen and oxygen atoms in total. The van der Waals surface area contributed by atoms with Gasteiger partial charge in [0.2, 0.25) is 0 Å². The van der Waals surface area contributed by atoms with Crippen molar-refractivity contribution in [2.24, 2.45) is 29.6 Å². The molecule has 0 radical (unpaired) electrons. The first-order valence-corrected chi connectivity index (χ1v) is 6.72. The van der Waals surface area contributed by atoms with Crippen molar-refractivity contribution in [3.63, 3.8) is 0 Å². The van der Waals surface area contributed by atoms with Crippen LogP contribution in [0.4, 0.5) is 0 Å². The highest BCUT2D eigenvalue weighted by atomic mass is 16.3. The smallest absolute Gasteiger partial charge is 0.0572 e. The van der Waals surface area contributed by atoms with E-state index in [4.69, 9.17) is 0 Å². The molecule has 0 aromatic carbocycles. The lowest BCUT2D eigenvalue weighted by molar-refractivity contribution is 0.156. The molecule has 0 saturated heterocycles. The molecule has 3 rings (SSSR count). The predicted molar refractivity (Wildman–Crippen MR) is 65.9 cm³/mol. The highest BCUT2D eigenvalue weighted by molar-refractivity contribution is 5.26. The van der Waals surface area contributed by atoms with E-state index in [0.717, 1.165) is 23.7 Å². The van der Waals surface area contributed by atoms with E-state index in [1.165, 1.54) is 19.3 Å². The summed E-state index contributed by atoms with van der Waals surface area (Å²) < 4.78 is 0. The zero-order chi connectivity index (χ0) is 11.3. The van der Waals surface area contributed by atoms with E-state index < -0.39 is 0 Å². The molecule has 16 heavy (non-hydrogen) atoms. The Morgan fingerprint density at radius 1 is 1.44 bits per heavy atom. The summed E-state index contributed by atoms with van der Waals surface area (Å²) in [4.78, 5) is 0. The van der Waals surface area contributed by atoms with E-state index in [9.17, 15) is 5.11 Å². The Bertz CT molecular complexity index is 339. The fourth-order valence-corrected chi connectivity index (χ4v) is 4.06. The van der Waals surface area contributed by atoms with E-state index in [-0.39, 0.29) is 6.10 Å². The first-order valence-electron chi connectivity index (χ1n) is 6.72. The van der Waals surface area contributed by atoms with E-state index in [2.05, 4.69) is 25.2 Å². The zero-order valence-corrected chi connectivity index (χ0v) is 10.3. The fraction of sp³-hybridized carbons (Fsp3) is 0.733. The summed E-state index contributed by atoms with van der Waals surface area (Å²) >= 11 is 0. The van der Waals surface area contributed by atoms with Crippen molar-refractivity contribution in [1.29, 1.82) is 0 Å². The van der Waals surface area contributed by atoms with Gasteiger partial charge in [-0.2, -0.15) is 0 Å². The van der Waals surface area contributed by atoms with Gasteiger partial charge in [0.1, 0.15) is 0 Å². The van der Waals surface area contributed by atoms with Crippen LogP contribution in [0, 0.1) is 29.6 Å². The lowest BCUT2D eigenvalue weighted by Gasteiger charge is -2.27. The van der Waals surface area contributed by atoms with Gasteiger partial charge in [-0.25, -0.2) is 0 Å². The highest BCUT2D eigenvalue weighted by Gasteiger charge is 2.49. The van der Waals surface area contributed by atoms with Gasteiger partial charge in [0.25, 0.3) is 0 Å².